The summed E-state index contributed by atoms with van der Waals surface area (Å²) in [4.78, 5) is 12.6. The van der Waals surface area contributed by atoms with Crippen LogP contribution < -0.4 is 9.62 Å². The van der Waals surface area contributed by atoms with Crippen LogP contribution in [0.4, 0.5) is 15.8 Å². The maximum Gasteiger partial charge on any atom is 0.274 e. The number of anilines is 2. The second kappa shape index (κ2) is 8.75. The summed E-state index contributed by atoms with van der Waals surface area (Å²) in [5.41, 5.74) is 1.92. The highest BCUT2D eigenvalue weighted by atomic mass is 32.2. The van der Waals surface area contributed by atoms with Crippen molar-refractivity contribution in [3.05, 3.63) is 77.4 Å². The van der Waals surface area contributed by atoms with Crippen LogP contribution in [0.25, 0.3) is 0 Å². The minimum atomic E-state index is -3.96. The molecule has 0 unspecified atom stereocenters. The first kappa shape index (κ1) is 21.0. The van der Waals surface area contributed by atoms with Gasteiger partial charge in [0, 0.05) is 5.69 Å². The van der Waals surface area contributed by atoms with Crippen molar-refractivity contribution in [2.75, 3.05) is 16.2 Å². The van der Waals surface area contributed by atoms with E-state index in [-0.39, 0.29) is 9.90 Å². The van der Waals surface area contributed by atoms with Crippen molar-refractivity contribution in [3.63, 3.8) is 0 Å². The Morgan fingerprint density at radius 2 is 1.72 bits per heavy atom. The summed E-state index contributed by atoms with van der Waals surface area (Å²) in [5, 5.41) is 4.37. The minimum Gasteiger partial charge on any atom is -0.325 e. The van der Waals surface area contributed by atoms with Gasteiger partial charge in [0.05, 0.1) is 5.69 Å². The van der Waals surface area contributed by atoms with E-state index in [4.69, 9.17) is 0 Å². The number of nitrogens with zero attached hydrogens (tertiary/aromatic N) is 1. The Morgan fingerprint density at radius 3 is 2.28 bits per heavy atom. The van der Waals surface area contributed by atoms with Crippen molar-refractivity contribution >= 4 is 38.6 Å². The quantitative estimate of drug-likeness (QED) is 0.581. The summed E-state index contributed by atoms with van der Waals surface area (Å²) in [7, 11) is -3.96. The molecule has 0 aliphatic carbocycles. The number of nitrogens with one attached hydrogen (secondary N) is 1. The lowest BCUT2D eigenvalue weighted by molar-refractivity contribution is -0.114. The number of amides is 1. The molecular weight excluding hydrogens is 411 g/mol. The van der Waals surface area contributed by atoms with Crippen molar-refractivity contribution in [3.8, 4) is 0 Å². The SMILES string of the molecule is CC(C)c1ccc(NC(=O)CN(c2ccc(F)cc2)S(=O)(=O)c2cccs2)cc1. The lowest BCUT2D eigenvalue weighted by Crippen LogP contribution is -2.37. The molecule has 1 aromatic heterocycles. The van der Waals surface area contributed by atoms with Gasteiger partial charge in [-0.1, -0.05) is 32.0 Å². The average molecular weight is 433 g/mol. The lowest BCUT2D eigenvalue weighted by atomic mass is 10.0. The third-order valence-electron chi connectivity index (χ3n) is 4.30. The number of benzene rings is 2. The Balaban J connectivity index is 1.84. The number of hydrogen-bond acceptors (Lipinski definition) is 4. The summed E-state index contributed by atoms with van der Waals surface area (Å²) in [5.74, 6) is -0.617. The van der Waals surface area contributed by atoms with Gasteiger partial charge in [-0.3, -0.25) is 9.10 Å². The second-order valence-electron chi connectivity index (χ2n) is 6.75. The fourth-order valence-electron chi connectivity index (χ4n) is 2.72. The van der Waals surface area contributed by atoms with Gasteiger partial charge in [-0.25, -0.2) is 12.8 Å². The molecular formula is C21H21FN2O3S2. The molecule has 0 spiro atoms. The Morgan fingerprint density at radius 1 is 1.07 bits per heavy atom. The number of carbonyl (C=O) groups excluding carboxylic acids is 1. The van der Waals surface area contributed by atoms with E-state index in [1.54, 1.807) is 23.6 Å². The topological polar surface area (TPSA) is 66.5 Å². The van der Waals surface area contributed by atoms with E-state index >= 15 is 0 Å². The number of halogens is 1. The molecule has 0 bridgehead atoms. The molecule has 1 amide bonds. The molecule has 5 nitrogen and oxygen atoms in total. The van der Waals surface area contributed by atoms with Gasteiger partial charge < -0.3 is 5.32 Å². The number of thiophene rings is 1. The zero-order chi connectivity index (χ0) is 21.0. The van der Waals surface area contributed by atoms with Crippen LogP contribution in [0.2, 0.25) is 0 Å². The number of rotatable bonds is 7. The highest BCUT2D eigenvalue weighted by molar-refractivity contribution is 7.94. The van der Waals surface area contributed by atoms with E-state index in [9.17, 15) is 17.6 Å². The first-order chi connectivity index (χ1) is 13.8. The Bertz CT molecular complexity index is 1060. The molecule has 3 aromatic rings. The van der Waals surface area contributed by atoms with Gasteiger partial charge >= 0.3 is 0 Å². The van der Waals surface area contributed by atoms with Gasteiger partial charge in [0.2, 0.25) is 5.91 Å². The van der Waals surface area contributed by atoms with E-state index in [2.05, 4.69) is 19.2 Å². The third kappa shape index (κ3) is 5.02. The normalized spacial score (nSPS) is 11.4. The molecule has 29 heavy (non-hydrogen) atoms. The van der Waals surface area contributed by atoms with Crippen LogP contribution in [-0.2, 0) is 14.8 Å². The molecule has 1 N–H and O–H groups in total. The van der Waals surface area contributed by atoms with E-state index in [1.165, 1.54) is 18.2 Å². The number of carbonyl (C=O) groups is 1. The van der Waals surface area contributed by atoms with E-state index < -0.39 is 28.3 Å². The van der Waals surface area contributed by atoms with Gasteiger partial charge in [0.25, 0.3) is 10.0 Å². The van der Waals surface area contributed by atoms with Crippen LogP contribution in [0.1, 0.15) is 25.3 Å². The van der Waals surface area contributed by atoms with Gasteiger partial charge in [-0.2, -0.15) is 0 Å². The Kier molecular flexibility index (Phi) is 6.34. The van der Waals surface area contributed by atoms with Crippen LogP contribution in [0.3, 0.4) is 0 Å². The predicted molar refractivity (Wildman–Crippen MR) is 114 cm³/mol. The Hall–Kier alpha value is -2.71. The van der Waals surface area contributed by atoms with Crippen LogP contribution in [0.5, 0.6) is 0 Å². The summed E-state index contributed by atoms with van der Waals surface area (Å²) >= 11 is 1.06. The summed E-state index contributed by atoms with van der Waals surface area (Å²) in [6, 6.07) is 15.5. The predicted octanol–water partition coefficient (Wildman–Crippen LogP) is 4.84. The first-order valence-electron chi connectivity index (χ1n) is 8.99. The molecule has 2 aromatic carbocycles. The van der Waals surface area contributed by atoms with Crippen molar-refractivity contribution in [1.29, 1.82) is 0 Å². The largest absolute Gasteiger partial charge is 0.325 e. The van der Waals surface area contributed by atoms with Crippen LogP contribution >= 0.6 is 11.3 Å². The minimum absolute atomic E-state index is 0.107. The molecule has 1 heterocycles. The van der Waals surface area contributed by atoms with Crippen molar-refractivity contribution in [1.82, 2.24) is 0 Å². The van der Waals surface area contributed by atoms with Crippen molar-refractivity contribution in [2.24, 2.45) is 0 Å². The summed E-state index contributed by atoms with van der Waals surface area (Å²) in [6.45, 7) is 3.71. The highest BCUT2D eigenvalue weighted by Crippen LogP contribution is 2.27. The number of sulfonamides is 1. The molecule has 8 heteroatoms. The Labute approximate surface area is 173 Å². The smallest absolute Gasteiger partial charge is 0.274 e. The molecule has 152 valence electrons. The van der Waals surface area contributed by atoms with E-state index in [1.807, 2.05) is 12.1 Å². The summed E-state index contributed by atoms with van der Waals surface area (Å²) < 4.78 is 40.5. The molecule has 0 radical (unpaired) electrons. The first-order valence-corrected chi connectivity index (χ1v) is 11.3. The lowest BCUT2D eigenvalue weighted by Gasteiger charge is -2.23. The fraction of sp³-hybridized carbons (Fsp3) is 0.190. The molecule has 3 rings (SSSR count). The molecule has 0 aliphatic rings. The van der Waals surface area contributed by atoms with Crippen molar-refractivity contribution in [2.45, 2.75) is 24.0 Å². The van der Waals surface area contributed by atoms with Crippen molar-refractivity contribution < 1.29 is 17.6 Å². The van der Waals surface area contributed by atoms with Gasteiger partial charge in [-0.15, -0.1) is 11.3 Å². The zero-order valence-electron chi connectivity index (χ0n) is 16.0. The molecule has 0 aliphatic heterocycles. The van der Waals surface area contributed by atoms with Gasteiger partial charge in [0.15, 0.2) is 0 Å². The third-order valence-corrected chi connectivity index (χ3v) is 7.45. The fourth-order valence-corrected chi connectivity index (χ4v) is 5.25. The maximum absolute atomic E-state index is 13.3. The van der Waals surface area contributed by atoms with Crippen LogP contribution in [0, 0.1) is 5.82 Å². The second-order valence-corrected chi connectivity index (χ2v) is 9.78. The molecule has 0 fully saturated rings. The van der Waals surface area contributed by atoms with E-state index in [0.29, 0.717) is 11.6 Å². The average Bonchev–Trinajstić information content (AvgIpc) is 3.23. The standard InChI is InChI=1S/C21H21FN2O3S2/c1-15(2)16-5-9-18(10-6-16)23-20(25)14-24(19-11-7-17(22)8-12-19)29(26,27)21-4-3-13-28-21/h3-13,15H,14H2,1-2H3,(H,23,25). The monoisotopic (exact) mass is 432 g/mol. The van der Waals surface area contributed by atoms with Gasteiger partial charge in [-0.05, 0) is 59.3 Å². The number of hydrogen-bond donors (Lipinski definition) is 1. The van der Waals surface area contributed by atoms with Crippen LogP contribution in [-0.4, -0.2) is 20.9 Å². The highest BCUT2D eigenvalue weighted by Gasteiger charge is 2.28. The molecule has 0 atom stereocenters. The molecule has 0 saturated carbocycles. The van der Waals surface area contributed by atoms with Crippen LogP contribution in [0.15, 0.2) is 70.3 Å². The van der Waals surface area contributed by atoms with E-state index in [0.717, 1.165) is 33.3 Å². The zero-order valence-corrected chi connectivity index (χ0v) is 17.6. The molecule has 0 saturated heterocycles. The maximum atomic E-state index is 13.3. The summed E-state index contributed by atoms with van der Waals surface area (Å²) in [6.07, 6.45) is 0. The van der Waals surface area contributed by atoms with Gasteiger partial charge in [0.1, 0.15) is 16.6 Å².